The second-order valence-corrected chi connectivity index (χ2v) is 3.65. The van der Waals surface area contributed by atoms with Crippen molar-refractivity contribution < 1.29 is 9.53 Å². The van der Waals surface area contributed by atoms with Crippen molar-refractivity contribution in [3.8, 4) is 0 Å². The van der Waals surface area contributed by atoms with Gasteiger partial charge in [0.15, 0.2) is 0 Å². The van der Waals surface area contributed by atoms with E-state index in [0.29, 0.717) is 18.6 Å². The molecule has 90 valence electrons. The first-order chi connectivity index (χ1) is 8.27. The molecule has 0 bridgehead atoms. The maximum atomic E-state index is 11.7. The van der Waals surface area contributed by atoms with Crippen molar-refractivity contribution in [3.05, 3.63) is 53.3 Å². The van der Waals surface area contributed by atoms with Gasteiger partial charge >= 0.3 is 5.97 Å². The average molecular weight is 230 g/mol. The van der Waals surface area contributed by atoms with E-state index in [0.717, 1.165) is 12.0 Å². The number of esters is 1. The Morgan fingerprint density at radius 1 is 1.29 bits per heavy atom. The van der Waals surface area contributed by atoms with Crippen LogP contribution in [0.15, 0.2) is 47.7 Å². The summed E-state index contributed by atoms with van der Waals surface area (Å²) in [5, 5.41) is 0. The van der Waals surface area contributed by atoms with E-state index in [4.69, 9.17) is 4.74 Å². The number of hydrogen-bond acceptors (Lipinski definition) is 2. The molecule has 0 aliphatic heterocycles. The van der Waals surface area contributed by atoms with Gasteiger partial charge in [0.1, 0.15) is 6.61 Å². The molecule has 0 unspecified atom stereocenters. The van der Waals surface area contributed by atoms with Gasteiger partial charge in [-0.15, -0.1) is 5.73 Å². The highest BCUT2D eigenvalue weighted by Gasteiger charge is 2.07. The summed E-state index contributed by atoms with van der Waals surface area (Å²) in [4.78, 5) is 11.7. The van der Waals surface area contributed by atoms with Gasteiger partial charge in [0.2, 0.25) is 0 Å². The predicted molar refractivity (Wildman–Crippen MR) is 68.4 cm³/mol. The summed E-state index contributed by atoms with van der Waals surface area (Å²) in [5.41, 5.74) is 4.57. The molecule has 0 fully saturated rings. The van der Waals surface area contributed by atoms with Crippen LogP contribution >= 0.6 is 0 Å². The Kier molecular flexibility index (Phi) is 5.84. The summed E-state index contributed by atoms with van der Waals surface area (Å²) in [7, 11) is 0. The fraction of sp³-hybridized carbons (Fsp3) is 0.333. The third kappa shape index (κ3) is 4.71. The molecule has 0 spiro atoms. The molecule has 0 radical (unpaired) electrons. The lowest BCUT2D eigenvalue weighted by atomic mass is 10.2. The first-order valence-electron chi connectivity index (χ1n) is 5.93. The summed E-state index contributed by atoms with van der Waals surface area (Å²) < 4.78 is 5.22. The van der Waals surface area contributed by atoms with Gasteiger partial charge in [-0.2, -0.15) is 0 Å². The summed E-state index contributed by atoms with van der Waals surface area (Å²) >= 11 is 0. The van der Waals surface area contributed by atoms with E-state index in [-0.39, 0.29) is 5.97 Å². The zero-order valence-electron chi connectivity index (χ0n) is 10.4. The van der Waals surface area contributed by atoms with Crippen LogP contribution in [0, 0.1) is 0 Å². The zero-order chi connectivity index (χ0) is 12.5. The highest BCUT2D eigenvalue weighted by molar-refractivity contribution is 5.88. The Hall–Kier alpha value is -1.79. The SMILES string of the molecule is CCC=C=C(CC)C(=O)OCc1ccccc1. The topological polar surface area (TPSA) is 26.3 Å². The molecule has 1 rings (SSSR count). The average Bonchev–Trinajstić information content (AvgIpc) is 2.38. The van der Waals surface area contributed by atoms with E-state index >= 15 is 0 Å². The van der Waals surface area contributed by atoms with Gasteiger partial charge in [-0.25, -0.2) is 4.79 Å². The van der Waals surface area contributed by atoms with E-state index in [1.54, 1.807) is 0 Å². The zero-order valence-corrected chi connectivity index (χ0v) is 10.4. The van der Waals surface area contributed by atoms with Crippen molar-refractivity contribution in [2.75, 3.05) is 0 Å². The van der Waals surface area contributed by atoms with Crippen LogP contribution < -0.4 is 0 Å². The van der Waals surface area contributed by atoms with Crippen LogP contribution in [0.4, 0.5) is 0 Å². The van der Waals surface area contributed by atoms with E-state index in [2.05, 4.69) is 5.73 Å². The van der Waals surface area contributed by atoms with Gasteiger partial charge in [-0.05, 0) is 24.5 Å². The Morgan fingerprint density at radius 3 is 2.59 bits per heavy atom. The lowest BCUT2D eigenvalue weighted by molar-refractivity contribution is -0.140. The Balaban J connectivity index is 2.57. The first-order valence-corrected chi connectivity index (χ1v) is 5.93. The number of carbonyl (C=O) groups excluding carboxylic acids is 1. The van der Waals surface area contributed by atoms with Crippen LogP contribution in [-0.4, -0.2) is 5.97 Å². The van der Waals surface area contributed by atoms with Gasteiger partial charge in [0, 0.05) is 0 Å². The molecule has 0 aliphatic rings. The third-order valence-corrected chi connectivity index (χ3v) is 2.29. The van der Waals surface area contributed by atoms with Crippen LogP contribution in [0.5, 0.6) is 0 Å². The smallest absolute Gasteiger partial charge is 0.342 e. The summed E-state index contributed by atoms with van der Waals surface area (Å²) in [6.07, 6.45) is 3.36. The number of benzene rings is 1. The number of hydrogen-bond donors (Lipinski definition) is 0. The monoisotopic (exact) mass is 230 g/mol. The minimum Gasteiger partial charge on any atom is -0.457 e. The van der Waals surface area contributed by atoms with Crippen LogP contribution in [0.1, 0.15) is 32.3 Å². The lowest BCUT2D eigenvalue weighted by Gasteiger charge is -2.04. The largest absolute Gasteiger partial charge is 0.457 e. The van der Waals surface area contributed by atoms with E-state index in [1.807, 2.05) is 50.3 Å². The van der Waals surface area contributed by atoms with Gasteiger partial charge in [-0.1, -0.05) is 44.2 Å². The highest BCUT2D eigenvalue weighted by atomic mass is 16.5. The molecule has 0 aliphatic carbocycles. The minimum absolute atomic E-state index is 0.277. The quantitative estimate of drug-likeness (QED) is 0.438. The Labute approximate surface area is 103 Å². The number of ether oxygens (including phenoxy) is 1. The van der Waals surface area contributed by atoms with E-state index in [9.17, 15) is 4.79 Å². The fourth-order valence-electron chi connectivity index (χ4n) is 1.34. The van der Waals surface area contributed by atoms with Crippen LogP contribution in [-0.2, 0) is 16.1 Å². The van der Waals surface area contributed by atoms with Gasteiger partial charge < -0.3 is 4.74 Å². The molecule has 2 nitrogen and oxygen atoms in total. The molecule has 0 saturated heterocycles. The normalized spacial score (nSPS) is 9.29. The van der Waals surface area contributed by atoms with Crippen LogP contribution in [0.3, 0.4) is 0 Å². The number of carbonyl (C=O) groups is 1. The highest BCUT2D eigenvalue weighted by Crippen LogP contribution is 2.06. The van der Waals surface area contributed by atoms with E-state index < -0.39 is 0 Å². The first kappa shape index (κ1) is 13.3. The molecule has 2 heteroatoms. The molecule has 17 heavy (non-hydrogen) atoms. The molecule has 0 atom stereocenters. The van der Waals surface area contributed by atoms with Gasteiger partial charge in [0.25, 0.3) is 0 Å². The minimum atomic E-state index is -0.277. The molecular formula is C15H18O2. The standard InChI is InChI=1S/C15H18O2/c1-3-5-11-14(4-2)15(16)17-12-13-9-7-6-8-10-13/h5-10H,3-4,12H2,1-2H3. The molecule has 0 aromatic heterocycles. The van der Waals surface area contributed by atoms with E-state index in [1.165, 1.54) is 0 Å². The molecule has 0 saturated carbocycles. The number of rotatable bonds is 5. The van der Waals surface area contributed by atoms with Gasteiger partial charge in [0.05, 0.1) is 5.57 Å². The van der Waals surface area contributed by atoms with Crippen molar-refractivity contribution in [2.24, 2.45) is 0 Å². The van der Waals surface area contributed by atoms with Crippen molar-refractivity contribution in [3.63, 3.8) is 0 Å². The molecular weight excluding hydrogens is 212 g/mol. The lowest BCUT2D eigenvalue weighted by Crippen LogP contribution is -2.06. The fourth-order valence-corrected chi connectivity index (χ4v) is 1.34. The second-order valence-electron chi connectivity index (χ2n) is 3.65. The molecule has 1 aromatic rings. The molecule has 0 N–H and O–H groups in total. The molecule has 0 amide bonds. The second kappa shape index (κ2) is 7.48. The van der Waals surface area contributed by atoms with Gasteiger partial charge in [-0.3, -0.25) is 0 Å². The summed E-state index contributed by atoms with van der Waals surface area (Å²) in [6, 6.07) is 9.66. The third-order valence-electron chi connectivity index (χ3n) is 2.29. The molecule has 0 heterocycles. The maximum Gasteiger partial charge on any atom is 0.342 e. The van der Waals surface area contributed by atoms with Crippen molar-refractivity contribution in [2.45, 2.75) is 33.3 Å². The summed E-state index contributed by atoms with van der Waals surface area (Å²) in [6.45, 7) is 4.25. The van der Waals surface area contributed by atoms with Crippen molar-refractivity contribution in [1.82, 2.24) is 0 Å². The Morgan fingerprint density at radius 2 is 2.00 bits per heavy atom. The predicted octanol–water partition coefficient (Wildman–Crippen LogP) is 3.63. The summed E-state index contributed by atoms with van der Waals surface area (Å²) in [5.74, 6) is -0.277. The Bertz CT molecular complexity index is 412. The van der Waals surface area contributed by atoms with Crippen molar-refractivity contribution in [1.29, 1.82) is 0 Å². The van der Waals surface area contributed by atoms with Crippen LogP contribution in [0.2, 0.25) is 0 Å². The molecule has 1 aromatic carbocycles. The van der Waals surface area contributed by atoms with Crippen LogP contribution in [0.25, 0.3) is 0 Å². The van der Waals surface area contributed by atoms with Crippen molar-refractivity contribution >= 4 is 5.97 Å². The maximum absolute atomic E-state index is 11.7.